The van der Waals surface area contributed by atoms with Gasteiger partial charge in [-0.05, 0) is 35.9 Å². The van der Waals surface area contributed by atoms with Crippen LogP contribution in [-0.4, -0.2) is 80.8 Å². The van der Waals surface area contributed by atoms with Crippen molar-refractivity contribution < 1.29 is 49.6 Å². The zero-order chi connectivity index (χ0) is 23.4. The number of benzene rings is 2. The lowest BCUT2D eigenvalue weighted by molar-refractivity contribution is -0.277. The number of aromatic hydroxyl groups is 2. The molecule has 0 amide bonds. The number of methoxy groups -OCH3 is 1. The van der Waals surface area contributed by atoms with Gasteiger partial charge in [-0.1, -0.05) is 12.1 Å². The van der Waals surface area contributed by atoms with Crippen LogP contribution in [0.25, 0.3) is 6.08 Å². The number of ketones is 1. The standard InChI is InChI=1S/C22H24O10/c1-30-17-8-11(3-7-15(17)25)2-6-14(24)13-5-4-12(9-16(13)26)31-22-21(29)20(28)19(27)18(10-23)32-22/h2-9,18-23,25-29H,10H2,1H3/t18-,19-,20+,21-,22-/m1/s1. The fraction of sp³-hybridized carbons (Fsp3) is 0.318. The summed E-state index contributed by atoms with van der Waals surface area (Å²) in [5, 5.41) is 58.8. The Morgan fingerprint density at radius 1 is 1.03 bits per heavy atom. The highest BCUT2D eigenvalue weighted by molar-refractivity contribution is 6.08. The van der Waals surface area contributed by atoms with Gasteiger partial charge in [0.2, 0.25) is 6.29 Å². The summed E-state index contributed by atoms with van der Waals surface area (Å²) < 4.78 is 15.7. The Bertz CT molecular complexity index is 987. The molecule has 0 aromatic heterocycles. The Kier molecular flexibility index (Phi) is 7.33. The van der Waals surface area contributed by atoms with E-state index in [9.17, 15) is 35.4 Å². The second kappa shape index (κ2) is 9.98. The van der Waals surface area contributed by atoms with E-state index in [1.807, 2.05) is 0 Å². The smallest absolute Gasteiger partial charge is 0.229 e. The molecule has 0 aliphatic carbocycles. The van der Waals surface area contributed by atoms with Crippen LogP contribution in [0.15, 0.2) is 42.5 Å². The van der Waals surface area contributed by atoms with Crippen LogP contribution >= 0.6 is 0 Å². The number of phenols is 2. The van der Waals surface area contributed by atoms with Crippen molar-refractivity contribution in [2.75, 3.05) is 13.7 Å². The molecule has 2 aromatic carbocycles. The summed E-state index contributed by atoms with van der Waals surface area (Å²) in [6.07, 6.45) is -4.58. The topological polar surface area (TPSA) is 166 Å². The minimum absolute atomic E-state index is 0.0202. The summed E-state index contributed by atoms with van der Waals surface area (Å²) in [6, 6.07) is 8.33. The first-order valence-electron chi connectivity index (χ1n) is 9.64. The minimum atomic E-state index is -1.61. The van der Waals surface area contributed by atoms with Crippen molar-refractivity contribution >= 4 is 11.9 Å². The molecule has 172 valence electrons. The van der Waals surface area contributed by atoms with E-state index >= 15 is 0 Å². The minimum Gasteiger partial charge on any atom is -0.507 e. The highest BCUT2D eigenvalue weighted by Crippen LogP contribution is 2.29. The SMILES string of the molecule is COc1cc(C=CC(=O)c2ccc(O[C@@H]3O[C@H](CO)[C@@H](O)[C@H](O)[C@H]3O)cc2O)ccc1O. The predicted octanol–water partition coefficient (Wildman–Crippen LogP) is 0.181. The summed E-state index contributed by atoms with van der Waals surface area (Å²) in [5.74, 6) is -0.671. The molecule has 10 heteroatoms. The van der Waals surface area contributed by atoms with Crippen LogP contribution in [0.3, 0.4) is 0 Å². The lowest BCUT2D eigenvalue weighted by Gasteiger charge is -2.39. The van der Waals surface area contributed by atoms with Gasteiger partial charge < -0.3 is 44.8 Å². The van der Waals surface area contributed by atoms with Gasteiger partial charge in [0.25, 0.3) is 0 Å². The van der Waals surface area contributed by atoms with Crippen LogP contribution in [0.2, 0.25) is 0 Å². The Hall–Kier alpha value is -3.15. The normalized spacial score (nSPS) is 25.6. The fourth-order valence-electron chi connectivity index (χ4n) is 3.15. The molecule has 1 aliphatic heterocycles. The van der Waals surface area contributed by atoms with Crippen molar-refractivity contribution in [3.05, 3.63) is 53.6 Å². The maximum absolute atomic E-state index is 12.5. The summed E-state index contributed by atoms with van der Waals surface area (Å²) in [4.78, 5) is 12.5. The summed E-state index contributed by atoms with van der Waals surface area (Å²) in [7, 11) is 1.40. The molecule has 3 rings (SSSR count). The molecule has 32 heavy (non-hydrogen) atoms. The van der Waals surface area contributed by atoms with Gasteiger partial charge in [-0.15, -0.1) is 0 Å². The van der Waals surface area contributed by atoms with Crippen molar-refractivity contribution in [3.63, 3.8) is 0 Å². The number of allylic oxidation sites excluding steroid dienone is 1. The van der Waals surface area contributed by atoms with E-state index in [1.54, 1.807) is 6.07 Å². The number of carbonyl (C=O) groups is 1. The maximum atomic E-state index is 12.5. The van der Waals surface area contributed by atoms with Gasteiger partial charge in [0, 0.05) is 6.07 Å². The molecule has 10 nitrogen and oxygen atoms in total. The lowest BCUT2D eigenvalue weighted by Crippen LogP contribution is -2.60. The largest absolute Gasteiger partial charge is 0.507 e. The quantitative estimate of drug-likeness (QED) is 0.254. The second-order valence-electron chi connectivity index (χ2n) is 7.12. The Labute approximate surface area is 183 Å². The second-order valence-corrected chi connectivity index (χ2v) is 7.12. The van der Waals surface area contributed by atoms with Gasteiger partial charge in [-0.25, -0.2) is 0 Å². The molecule has 0 saturated carbocycles. The predicted molar refractivity (Wildman–Crippen MR) is 111 cm³/mol. The van der Waals surface area contributed by atoms with Gasteiger partial charge in [0.1, 0.15) is 35.9 Å². The molecule has 1 heterocycles. The van der Waals surface area contributed by atoms with Crippen LogP contribution in [-0.2, 0) is 4.74 Å². The van der Waals surface area contributed by atoms with E-state index in [2.05, 4.69) is 0 Å². The third-order valence-corrected chi connectivity index (χ3v) is 4.97. The Morgan fingerprint density at radius 3 is 2.44 bits per heavy atom. The van der Waals surface area contributed by atoms with E-state index in [-0.39, 0.29) is 22.8 Å². The number of rotatable bonds is 7. The molecule has 1 fully saturated rings. The van der Waals surface area contributed by atoms with Gasteiger partial charge in [-0.2, -0.15) is 0 Å². The number of hydrogen-bond acceptors (Lipinski definition) is 10. The van der Waals surface area contributed by atoms with Crippen LogP contribution in [0.5, 0.6) is 23.0 Å². The summed E-state index contributed by atoms with van der Waals surface area (Å²) >= 11 is 0. The summed E-state index contributed by atoms with van der Waals surface area (Å²) in [5.41, 5.74) is 0.572. The molecule has 1 saturated heterocycles. The molecule has 0 bridgehead atoms. The number of aliphatic hydroxyl groups excluding tert-OH is 4. The Balaban J connectivity index is 1.71. The van der Waals surface area contributed by atoms with Crippen LogP contribution in [0.4, 0.5) is 0 Å². The zero-order valence-electron chi connectivity index (χ0n) is 17.0. The van der Waals surface area contributed by atoms with Gasteiger partial charge in [-0.3, -0.25) is 4.79 Å². The van der Waals surface area contributed by atoms with E-state index in [1.165, 1.54) is 43.5 Å². The zero-order valence-corrected chi connectivity index (χ0v) is 17.0. The molecule has 0 radical (unpaired) electrons. The van der Waals surface area contributed by atoms with E-state index in [0.29, 0.717) is 5.56 Å². The first-order valence-corrected chi connectivity index (χ1v) is 9.64. The van der Waals surface area contributed by atoms with Gasteiger partial charge in [0.15, 0.2) is 17.3 Å². The molecule has 5 atom stereocenters. The lowest BCUT2D eigenvalue weighted by atomic mass is 9.99. The molecule has 0 unspecified atom stereocenters. The molecule has 2 aromatic rings. The van der Waals surface area contributed by atoms with E-state index in [4.69, 9.17) is 14.2 Å². The van der Waals surface area contributed by atoms with Crippen molar-refractivity contribution in [3.8, 4) is 23.0 Å². The van der Waals surface area contributed by atoms with E-state index in [0.717, 1.165) is 6.07 Å². The fourth-order valence-corrected chi connectivity index (χ4v) is 3.15. The maximum Gasteiger partial charge on any atom is 0.229 e. The van der Waals surface area contributed by atoms with Gasteiger partial charge >= 0.3 is 0 Å². The molecular formula is C22H24O10. The number of phenolic OH excluding ortho intramolecular Hbond substituents is 2. The molecular weight excluding hydrogens is 424 g/mol. The Morgan fingerprint density at radius 2 is 1.78 bits per heavy atom. The number of ether oxygens (including phenoxy) is 3. The van der Waals surface area contributed by atoms with Gasteiger partial charge in [0.05, 0.1) is 19.3 Å². The molecule has 1 aliphatic rings. The van der Waals surface area contributed by atoms with Crippen molar-refractivity contribution in [1.29, 1.82) is 0 Å². The first kappa shape index (κ1) is 23.5. The average molecular weight is 448 g/mol. The van der Waals surface area contributed by atoms with Crippen molar-refractivity contribution in [2.24, 2.45) is 0 Å². The van der Waals surface area contributed by atoms with E-state index < -0.39 is 48.8 Å². The highest BCUT2D eigenvalue weighted by atomic mass is 16.7. The number of carbonyl (C=O) groups excluding carboxylic acids is 1. The summed E-state index contributed by atoms with van der Waals surface area (Å²) in [6.45, 7) is -0.608. The van der Waals surface area contributed by atoms with Crippen molar-refractivity contribution in [2.45, 2.75) is 30.7 Å². The molecule has 6 N–H and O–H groups in total. The average Bonchev–Trinajstić information content (AvgIpc) is 2.78. The molecule has 0 spiro atoms. The monoisotopic (exact) mass is 448 g/mol. The third-order valence-electron chi connectivity index (χ3n) is 4.97. The van der Waals surface area contributed by atoms with Crippen LogP contribution in [0, 0.1) is 0 Å². The number of aliphatic hydroxyl groups is 4. The van der Waals surface area contributed by atoms with Crippen LogP contribution in [0.1, 0.15) is 15.9 Å². The highest BCUT2D eigenvalue weighted by Gasteiger charge is 2.44. The van der Waals surface area contributed by atoms with Crippen molar-refractivity contribution in [1.82, 2.24) is 0 Å². The third kappa shape index (κ3) is 5.01. The number of hydrogen-bond donors (Lipinski definition) is 6. The first-order chi connectivity index (χ1) is 15.2. The van der Waals surface area contributed by atoms with Crippen LogP contribution < -0.4 is 9.47 Å².